The van der Waals surface area contributed by atoms with Crippen LogP contribution in [-0.4, -0.2) is 11.6 Å². The first-order chi connectivity index (χ1) is 11.7. The number of hydrogen-bond acceptors (Lipinski definition) is 2. The van der Waals surface area contributed by atoms with Crippen molar-refractivity contribution in [3.63, 3.8) is 0 Å². The van der Waals surface area contributed by atoms with Gasteiger partial charge in [0.25, 0.3) is 0 Å². The van der Waals surface area contributed by atoms with E-state index in [9.17, 15) is 4.79 Å². The van der Waals surface area contributed by atoms with Crippen molar-refractivity contribution in [1.82, 2.24) is 0 Å². The Kier molecular flexibility index (Phi) is 8.62. The molecule has 2 unspecified atom stereocenters. The van der Waals surface area contributed by atoms with Crippen LogP contribution in [0.2, 0.25) is 0 Å². The van der Waals surface area contributed by atoms with Crippen molar-refractivity contribution in [2.75, 3.05) is 0 Å². The summed E-state index contributed by atoms with van der Waals surface area (Å²) >= 11 is 0. The van der Waals surface area contributed by atoms with E-state index in [2.05, 4.69) is 47.6 Å². The minimum absolute atomic E-state index is 0. The van der Waals surface area contributed by atoms with Crippen LogP contribution in [-0.2, 0) is 0 Å². The van der Waals surface area contributed by atoms with E-state index in [4.69, 9.17) is 4.74 Å². The Bertz CT molecular complexity index is 805. The summed E-state index contributed by atoms with van der Waals surface area (Å²) in [5.41, 5.74) is 6.88. The van der Waals surface area contributed by atoms with Gasteiger partial charge in [0, 0.05) is 5.56 Å². The Morgan fingerprint density at radius 2 is 1.69 bits per heavy atom. The predicted octanol–water partition coefficient (Wildman–Crippen LogP) is 2.67. The number of hydrogen-bond donors (Lipinski definition) is 0. The topological polar surface area (TPSA) is 26.3 Å². The van der Waals surface area contributed by atoms with Crippen LogP contribution in [0.5, 0.6) is 5.75 Å². The monoisotopic (exact) mass is 364 g/mol. The average Bonchev–Trinajstić information content (AvgIpc) is 2.55. The second kappa shape index (κ2) is 9.75. The summed E-state index contributed by atoms with van der Waals surface area (Å²) in [7, 11) is 0.139. The van der Waals surface area contributed by atoms with E-state index in [1.54, 1.807) is 0 Å². The van der Waals surface area contributed by atoms with Gasteiger partial charge in [-0.1, -0.05) is 19.1 Å². The first-order valence-electron chi connectivity index (χ1n) is 8.90. The summed E-state index contributed by atoms with van der Waals surface area (Å²) in [5.74, 6) is 0.881. The zero-order valence-electron chi connectivity index (χ0n) is 18.4. The minimum Gasteiger partial charge on any atom is -1.00 e. The summed E-state index contributed by atoms with van der Waals surface area (Å²) in [5, 5.41) is 1.10. The maximum absolute atomic E-state index is 13.0. The molecule has 0 heterocycles. The zero-order valence-corrected chi connectivity index (χ0v) is 18.4. The van der Waals surface area contributed by atoms with Crippen LogP contribution in [0.25, 0.3) is 0 Å². The maximum atomic E-state index is 13.0. The SMILES string of the molecule is CCC(C)Oc1ccc(PC(=O)c2c(C)cc(C)c(C)c2C)c(C)c1.[H-].[Li+]. The number of benzene rings is 2. The van der Waals surface area contributed by atoms with Gasteiger partial charge in [-0.25, -0.2) is 0 Å². The van der Waals surface area contributed by atoms with Crippen molar-refractivity contribution in [2.45, 2.75) is 61.0 Å². The fourth-order valence-electron chi connectivity index (χ4n) is 2.98. The Morgan fingerprint density at radius 1 is 1.04 bits per heavy atom. The molecule has 2 aromatic carbocycles. The number of rotatable bonds is 6. The molecular weight excluding hydrogens is 334 g/mol. The Hall–Kier alpha value is -1.06. The second-order valence-electron chi connectivity index (χ2n) is 6.90. The normalized spacial score (nSPS) is 12.1. The second-order valence-corrected chi connectivity index (χ2v) is 8.15. The van der Waals surface area contributed by atoms with E-state index >= 15 is 0 Å². The van der Waals surface area contributed by atoms with Crippen molar-refractivity contribution < 1.29 is 29.8 Å². The molecule has 0 aromatic heterocycles. The van der Waals surface area contributed by atoms with E-state index in [1.165, 1.54) is 11.1 Å². The molecule has 0 aliphatic heterocycles. The van der Waals surface area contributed by atoms with Gasteiger partial charge in [-0.3, -0.25) is 4.79 Å². The molecule has 2 rings (SSSR count). The fraction of sp³-hybridized carbons (Fsp3) is 0.409. The van der Waals surface area contributed by atoms with Gasteiger partial charge in [-0.2, -0.15) is 0 Å². The maximum Gasteiger partial charge on any atom is 1.00 e. The molecule has 26 heavy (non-hydrogen) atoms. The molecule has 2 atom stereocenters. The van der Waals surface area contributed by atoms with Crippen LogP contribution < -0.4 is 28.9 Å². The van der Waals surface area contributed by atoms with Crippen LogP contribution in [0.4, 0.5) is 0 Å². The molecule has 0 N–H and O–H groups in total. The van der Waals surface area contributed by atoms with E-state index < -0.39 is 0 Å². The van der Waals surface area contributed by atoms with Gasteiger partial charge < -0.3 is 6.16 Å². The number of ether oxygens (including phenoxy) is 1. The molecule has 0 aliphatic rings. The van der Waals surface area contributed by atoms with Crippen LogP contribution in [0.15, 0.2) is 24.3 Å². The van der Waals surface area contributed by atoms with Gasteiger partial charge in [0.2, 0.25) is 0 Å². The number of aryl methyl sites for hydroxylation is 3. The van der Waals surface area contributed by atoms with E-state index in [0.717, 1.165) is 39.7 Å². The Labute approximate surface area is 173 Å². The van der Waals surface area contributed by atoms with Crippen LogP contribution in [0.3, 0.4) is 0 Å². The first-order valence-corrected chi connectivity index (χ1v) is 9.90. The molecule has 2 aromatic rings. The molecule has 0 fully saturated rings. The zero-order chi connectivity index (χ0) is 18.7. The molecule has 0 saturated carbocycles. The van der Waals surface area contributed by atoms with Crippen molar-refractivity contribution in [1.29, 1.82) is 0 Å². The third-order valence-electron chi connectivity index (χ3n) is 4.94. The fourth-order valence-corrected chi connectivity index (χ4v) is 4.17. The van der Waals surface area contributed by atoms with Crippen molar-refractivity contribution in [2.24, 2.45) is 0 Å². The summed E-state index contributed by atoms with van der Waals surface area (Å²) < 4.78 is 5.87. The van der Waals surface area contributed by atoms with Crippen molar-refractivity contribution >= 4 is 19.4 Å². The van der Waals surface area contributed by atoms with Crippen molar-refractivity contribution in [3.8, 4) is 5.75 Å². The minimum atomic E-state index is 0. The predicted molar refractivity (Wildman–Crippen MR) is 110 cm³/mol. The summed E-state index contributed by atoms with van der Waals surface area (Å²) in [6, 6.07) is 8.18. The molecule has 0 bridgehead atoms. The molecule has 0 aliphatic carbocycles. The van der Waals surface area contributed by atoms with E-state index in [0.29, 0.717) is 0 Å². The summed E-state index contributed by atoms with van der Waals surface area (Å²) in [6.45, 7) is 14.5. The molecular formula is C22H30LiO2P. The van der Waals surface area contributed by atoms with Gasteiger partial charge in [-0.05, 0) is 102 Å². The molecule has 136 valence electrons. The number of carbonyl (C=O) groups is 1. The largest absolute Gasteiger partial charge is 1.00 e. The van der Waals surface area contributed by atoms with Crippen LogP contribution in [0, 0.1) is 34.6 Å². The first kappa shape index (κ1) is 23.0. The van der Waals surface area contributed by atoms with Crippen LogP contribution in [0.1, 0.15) is 59.9 Å². The summed E-state index contributed by atoms with van der Waals surface area (Å²) in [6.07, 6.45) is 1.18. The van der Waals surface area contributed by atoms with Crippen LogP contribution >= 0.6 is 8.58 Å². The molecule has 0 spiro atoms. The Balaban J connectivity index is 0.00000338. The molecule has 0 amide bonds. The third kappa shape index (κ3) is 5.23. The smallest absolute Gasteiger partial charge is 1.00 e. The third-order valence-corrected chi connectivity index (χ3v) is 6.25. The molecule has 2 nitrogen and oxygen atoms in total. The van der Waals surface area contributed by atoms with Gasteiger partial charge >= 0.3 is 18.9 Å². The quantitative estimate of drug-likeness (QED) is 0.582. The number of carbonyl (C=O) groups excluding carboxylic acids is 1. The summed E-state index contributed by atoms with van der Waals surface area (Å²) in [4.78, 5) is 13.0. The van der Waals surface area contributed by atoms with Crippen molar-refractivity contribution in [3.05, 3.63) is 57.6 Å². The molecule has 0 radical (unpaired) electrons. The van der Waals surface area contributed by atoms with Gasteiger partial charge in [0.1, 0.15) is 5.75 Å². The average molecular weight is 364 g/mol. The van der Waals surface area contributed by atoms with Gasteiger partial charge in [-0.15, -0.1) is 0 Å². The van der Waals surface area contributed by atoms with E-state index in [1.807, 2.05) is 25.1 Å². The Morgan fingerprint density at radius 3 is 2.27 bits per heavy atom. The van der Waals surface area contributed by atoms with E-state index in [-0.39, 0.29) is 40.5 Å². The standard InChI is InChI=1S/C22H29O2P.Li.H/c1-8-16(5)24-19-9-10-20(14(3)12-19)25-22(23)21-15(4)11-13(2)17(6)18(21)7;;/h9-12,16,25H,8H2,1-7H3;;/q;+1;-1. The van der Waals surface area contributed by atoms with Gasteiger partial charge in [0.15, 0.2) is 5.52 Å². The van der Waals surface area contributed by atoms with Gasteiger partial charge in [0.05, 0.1) is 6.10 Å². The molecule has 0 saturated heterocycles. The molecule has 4 heteroatoms.